The van der Waals surface area contributed by atoms with E-state index in [2.05, 4.69) is 18.3 Å². The molecule has 0 spiro atoms. The largest absolute Gasteiger partial charge is 0.493 e. The van der Waals surface area contributed by atoms with Crippen LogP contribution in [0.15, 0.2) is 42.5 Å². The predicted octanol–water partition coefficient (Wildman–Crippen LogP) is 4.25. The average molecular weight is 442 g/mol. The number of nitrogens with one attached hydrogen (secondary N) is 1. The quantitative estimate of drug-likeness (QED) is 0.510. The first kappa shape index (κ1) is 19.6. The van der Waals surface area contributed by atoms with Gasteiger partial charge in [-0.1, -0.05) is 18.2 Å². The smallest absolute Gasteiger partial charge is 0.231 e. The molecule has 0 radical (unpaired) electrons. The number of hydrogen-bond donors (Lipinski definition) is 1. The molecule has 1 atom stereocenters. The Balaban J connectivity index is 1.52. The Kier molecular flexibility index (Phi) is 4.29. The van der Waals surface area contributed by atoms with E-state index < -0.39 is 0 Å². The number of pyridine rings is 1. The molecule has 2 aromatic heterocycles. The first-order valence-electron chi connectivity index (χ1n) is 10.8. The van der Waals surface area contributed by atoms with Crippen LogP contribution in [0.25, 0.3) is 16.7 Å². The SMILES string of the molecule is COc1cc(C2CC(=O)Nc3c2c(C)nn3-c2cc(C)c3ccccc3n2)cc2c1OCO2. The van der Waals surface area contributed by atoms with Gasteiger partial charge in [0, 0.05) is 23.3 Å². The van der Waals surface area contributed by atoms with Crippen molar-refractivity contribution < 1.29 is 19.0 Å². The molecule has 0 aliphatic carbocycles. The van der Waals surface area contributed by atoms with E-state index in [1.807, 2.05) is 43.3 Å². The molecule has 4 heterocycles. The Labute approximate surface area is 190 Å². The fraction of sp³-hybridized carbons (Fsp3) is 0.240. The van der Waals surface area contributed by atoms with Crippen molar-refractivity contribution in [1.82, 2.24) is 14.8 Å². The molecular weight excluding hydrogens is 420 g/mol. The number of methoxy groups -OCH3 is 1. The lowest BCUT2D eigenvalue weighted by Gasteiger charge is -2.25. The van der Waals surface area contributed by atoms with Crippen LogP contribution >= 0.6 is 0 Å². The number of para-hydroxylation sites is 1. The van der Waals surface area contributed by atoms with E-state index in [9.17, 15) is 4.79 Å². The van der Waals surface area contributed by atoms with E-state index in [-0.39, 0.29) is 18.6 Å². The van der Waals surface area contributed by atoms with Gasteiger partial charge in [-0.05, 0) is 49.2 Å². The minimum atomic E-state index is -0.201. The van der Waals surface area contributed by atoms with Crippen LogP contribution in [0.4, 0.5) is 5.82 Å². The Morgan fingerprint density at radius 1 is 1.15 bits per heavy atom. The summed E-state index contributed by atoms with van der Waals surface area (Å²) < 4.78 is 18.4. The van der Waals surface area contributed by atoms with E-state index in [0.29, 0.717) is 35.3 Å². The van der Waals surface area contributed by atoms with Crippen LogP contribution in [0.1, 0.15) is 34.7 Å². The van der Waals surface area contributed by atoms with Gasteiger partial charge in [0.25, 0.3) is 0 Å². The normalized spacial score (nSPS) is 16.6. The van der Waals surface area contributed by atoms with Crippen LogP contribution in [-0.2, 0) is 4.79 Å². The second kappa shape index (κ2) is 7.23. The van der Waals surface area contributed by atoms with Gasteiger partial charge in [-0.2, -0.15) is 9.78 Å². The van der Waals surface area contributed by atoms with Crippen LogP contribution in [0, 0.1) is 13.8 Å². The summed E-state index contributed by atoms with van der Waals surface area (Å²) in [6.07, 6.45) is 0.298. The number of aromatic nitrogens is 3. The summed E-state index contributed by atoms with van der Waals surface area (Å²) in [5, 5.41) is 8.91. The molecule has 0 bridgehead atoms. The number of benzene rings is 2. The maximum absolute atomic E-state index is 12.8. The Morgan fingerprint density at radius 2 is 2.00 bits per heavy atom. The first-order valence-corrected chi connectivity index (χ1v) is 10.8. The van der Waals surface area contributed by atoms with Crippen molar-refractivity contribution in [3.05, 3.63) is 64.8 Å². The van der Waals surface area contributed by atoms with Gasteiger partial charge in [0.15, 0.2) is 17.3 Å². The molecule has 8 nitrogen and oxygen atoms in total. The number of nitrogens with zero attached hydrogens (tertiary/aromatic N) is 3. The number of fused-ring (bicyclic) bond motifs is 3. The monoisotopic (exact) mass is 442 g/mol. The summed E-state index contributed by atoms with van der Waals surface area (Å²) in [5.74, 6) is 2.82. The third kappa shape index (κ3) is 3.01. The van der Waals surface area contributed by atoms with Crippen molar-refractivity contribution in [2.75, 3.05) is 19.2 Å². The molecule has 33 heavy (non-hydrogen) atoms. The number of hydrogen-bond acceptors (Lipinski definition) is 6. The molecule has 0 saturated heterocycles. The number of anilines is 1. The van der Waals surface area contributed by atoms with Crippen molar-refractivity contribution in [2.45, 2.75) is 26.2 Å². The molecule has 1 unspecified atom stereocenters. The zero-order valence-electron chi connectivity index (χ0n) is 18.5. The van der Waals surface area contributed by atoms with Crippen molar-refractivity contribution in [3.63, 3.8) is 0 Å². The minimum absolute atomic E-state index is 0.0807. The number of rotatable bonds is 3. The summed E-state index contributed by atoms with van der Waals surface area (Å²) in [6, 6.07) is 13.8. The molecule has 1 N–H and O–H groups in total. The van der Waals surface area contributed by atoms with E-state index in [0.717, 1.165) is 33.3 Å². The second-order valence-electron chi connectivity index (χ2n) is 8.34. The van der Waals surface area contributed by atoms with Gasteiger partial charge in [-0.3, -0.25) is 4.79 Å². The molecule has 0 fully saturated rings. The van der Waals surface area contributed by atoms with Gasteiger partial charge in [0.1, 0.15) is 5.82 Å². The first-order chi connectivity index (χ1) is 16.0. The molecule has 2 aliphatic heterocycles. The molecule has 166 valence electrons. The van der Waals surface area contributed by atoms with Gasteiger partial charge in [0.05, 0.1) is 18.3 Å². The highest BCUT2D eigenvalue weighted by Crippen LogP contribution is 2.47. The molecule has 8 heteroatoms. The topological polar surface area (TPSA) is 87.5 Å². The summed E-state index contributed by atoms with van der Waals surface area (Å²) in [5.41, 5.74) is 4.69. The highest BCUT2D eigenvalue weighted by atomic mass is 16.7. The second-order valence-corrected chi connectivity index (χ2v) is 8.34. The molecule has 0 saturated carbocycles. The summed E-state index contributed by atoms with van der Waals surface area (Å²) >= 11 is 0. The van der Waals surface area contributed by atoms with Gasteiger partial charge < -0.3 is 19.5 Å². The Bertz CT molecular complexity index is 1440. The zero-order valence-corrected chi connectivity index (χ0v) is 18.5. The highest BCUT2D eigenvalue weighted by molar-refractivity contribution is 5.95. The van der Waals surface area contributed by atoms with E-state index >= 15 is 0 Å². The van der Waals surface area contributed by atoms with E-state index in [1.54, 1.807) is 11.8 Å². The lowest BCUT2D eigenvalue weighted by atomic mass is 9.85. The molecular formula is C25H22N4O4. The van der Waals surface area contributed by atoms with Gasteiger partial charge in [-0.15, -0.1) is 0 Å². The average Bonchev–Trinajstić information content (AvgIpc) is 3.42. The standard InChI is InChI=1S/C25H22N4O4/c1-13-8-21(26-18-7-5-4-6-16(13)18)29-25-23(14(2)28-29)17(11-22(30)27-25)15-9-19(31-3)24-20(10-15)32-12-33-24/h4-10,17H,11-12H2,1-3H3,(H,27,30). The van der Waals surface area contributed by atoms with Crippen LogP contribution in [0.3, 0.4) is 0 Å². The zero-order chi connectivity index (χ0) is 22.7. The Hall–Kier alpha value is -4.07. The maximum atomic E-state index is 12.8. The van der Waals surface area contributed by atoms with Crippen molar-refractivity contribution in [3.8, 4) is 23.1 Å². The van der Waals surface area contributed by atoms with Crippen LogP contribution in [0.5, 0.6) is 17.2 Å². The fourth-order valence-electron chi connectivity index (χ4n) is 4.79. The van der Waals surface area contributed by atoms with Crippen molar-refractivity contribution in [2.24, 2.45) is 0 Å². The molecule has 1 amide bonds. The summed E-state index contributed by atoms with van der Waals surface area (Å²) in [4.78, 5) is 17.6. The van der Waals surface area contributed by atoms with Crippen LogP contribution < -0.4 is 19.5 Å². The van der Waals surface area contributed by atoms with Gasteiger partial charge in [0.2, 0.25) is 18.4 Å². The predicted molar refractivity (Wildman–Crippen MR) is 123 cm³/mol. The molecule has 2 aromatic carbocycles. The lowest BCUT2D eigenvalue weighted by molar-refractivity contribution is -0.116. The third-order valence-corrected chi connectivity index (χ3v) is 6.31. The van der Waals surface area contributed by atoms with E-state index in [1.165, 1.54) is 0 Å². The van der Waals surface area contributed by atoms with Crippen LogP contribution in [-0.4, -0.2) is 34.6 Å². The van der Waals surface area contributed by atoms with Crippen molar-refractivity contribution >= 4 is 22.6 Å². The molecule has 4 aromatic rings. The van der Waals surface area contributed by atoms with E-state index in [4.69, 9.17) is 24.3 Å². The highest BCUT2D eigenvalue weighted by Gasteiger charge is 2.34. The maximum Gasteiger partial charge on any atom is 0.231 e. The van der Waals surface area contributed by atoms with Crippen LogP contribution in [0.2, 0.25) is 0 Å². The number of amides is 1. The van der Waals surface area contributed by atoms with Gasteiger partial charge >= 0.3 is 0 Å². The third-order valence-electron chi connectivity index (χ3n) is 6.31. The van der Waals surface area contributed by atoms with Gasteiger partial charge in [-0.25, -0.2) is 4.98 Å². The summed E-state index contributed by atoms with van der Waals surface area (Å²) in [7, 11) is 1.59. The number of ether oxygens (including phenoxy) is 3. The fourth-order valence-corrected chi connectivity index (χ4v) is 4.79. The van der Waals surface area contributed by atoms with Crippen molar-refractivity contribution in [1.29, 1.82) is 0 Å². The minimum Gasteiger partial charge on any atom is -0.493 e. The number of carbonyl (C=O) groups excluding carboxylic acids is 1. The molecule has 2 aliphatic rings. The lowest BCUT2D eigenvalue weighted by Crippen LogP contribution is -2.25. The molecule has 6 rings (SSSR count). The summed E-state index contributed by atoms with van der Waals surface area (Å²) in [6.45, 7) is 4.16. The number of aryl methyl sites for hydroxylation is 2. The Morgan fingerprint density at radius 3 is 2.85 bits per heavy atom. The number of carbonyl (C=O) groups is 1.